The lowest BCUT2D eigenvalue weighted by Gasteiger charge is -2.07. The standard InChI is InChI=1S/C13H15N3O3/c1-9-4-3-5-11(8-9)19-7-6-16-10(2)12(13(17)18)14-15-16/h3-5,8H,6-7H2,1-2H3,(H,17,18). The van der Waals surface area contributed by atoms with E-state index in [2.05, 4.69) is 10.3 Å². The van der Waals surface area contributed by atoms with Crippen molar-refractivity contribution in [3.05, 3.63) is 41.2 Å². The highest BCUT2D eigenvalue weighted by atomic mass is 16.5. The molecule has 1 aromatic heterocycles. The van der Waals surface area contributed by atoms with Crippen LogP contribution >= 0.6 is 0 Å². The van der Waals surface area contributed by atoms with E-state index in [9.17, 15) is 4.79 Å². The Hall–Kier alpha value is -2.37. The second kappa shape index (κ2) is 5.51. The summed E-state index contributed by atoms with van der Waals surface area (Å²) in [6.07, 6.45) is 0. The first-order valence-corrected chi connectivity index (χ1v) is 5.91. The van der Waals surface area contributed by atoms with Gasteiger partial charge in [0.1, 0.15) is 12.4 Å². The van der Waals surface area contributed by atoms with Crippen LogP contribution in [0.4, 0.5) is 0 Å². The van der Waals surface area contributed by atoms with E-state index in [-0.39, 0.29) is 5.69 Å². The Bertz CT molecular complexity index is 593. The normalized spacial score (nSPS) is 10.4. The Morgan fingerprint density at radius 3 is 2.84 bits per heavy atom. The molecule has 1 heterocycles. The summed E-state index contributed by atoms with van der Waals surface area (Å²) in [4.78, 5) is 10.8. The first-order chi connectivity index (χ1) is 9.08. The summed E-state index contributed by atoms with van der Waals surface area (Å²) >= 11 is 0. The molecule has 0 unspecified atom stereocenters. The number of carboxylic acid groups (broad SMARTS) is 1. The zero-order valence-corrected chi connectivity index (χ0v) is 10.8. The number of aryl methyl sites for hydroxylation is 1. The molecule has 0 spiro atoms. The van der Waals surface area contributed by atoms with Crippen molar-refractivity contribution in [2.45, 2.75) is 20.4 Å². The van der Waals surface area contributed by atoms with Crippen molar-refractivity contribution in [3.63, 3.8) is 0 Å². The highest BCUT2D eigenvalue weighted by Crippen LogP contribution is 2.12. The van der Waals surface area contributed by atoms with E-state index in [0.717, 1.165) is 11.3 Å². The number of benzene rings is 1. The lowest BCUT2D eigenvalue weighted by atomic mass is 10.2. The number of aromatic nitrogens is 3. The number of carbonyl (C=O) groups is 1. The van der Waals surface area contributed by atoms with Crippen LogP contribution in [-0.2, 0) is 6.54 Å². The number of aromatic carboxylic acids is 1. The number of rotatable bonds is 5. The molecule has 0 aliphatic rings. The molecule has 0 bridgehead atoms. The summed E-state index contributed by atoms with van der Waals surface area (Å²) in [5.74, 6) is -0.278. The predicted molar refractivity (Wildman–Crippen MR) is 68.4 cm³/mol. The van der Waals surface area contributed by atoms with Crippen LogP contribution in [0.15, 0.2) is 24.3 Å². The number of carboxylic acids is 1. The molecule has 0 aliphatic carbocycles. The van der Waals surface area contributed by atoms with Crippen molar-refractivity contribution < 1.29 is 14.6 Å². The molecular weight excluding hydrogens is 246 g/mol. The van der Waals surface area contributed by atoms with Gasteiger partial charge in [0.25, 0.3) is 0 Å². The molecule has 0 radical (unpaired) electrons. The minimum atomic E-state index is -1.07. The maximum absolute atomic E-state index is 10.8. The van der Waals surface area contributed by atoms with E-state index in [0.29, 0.717) is 18.8 Å². The molecule has 100 valence electrons. The molecule has 19 heavy (non-hydrogen) atoms. The molecular formula is C13H15N3O3. The van der Waals surface area contributed by atoms with Gasteiger partial charge in [0.15, 0.2) is 5.69 Å². The highest BCUT2D eigenvalue weighted by Gasteiger charge is 2.14. The van der Waals surface area contributed by atoms with Gasteiger partial charge in [-0.05, 0) is 31.5 Å². The smallest absolute Gasteiger partial charge is 0.358 e. The summed E-state index contributed by atoms with van der Waals surface area (Å²) < 4.78 is 7.11. The molecule has 0 saturated heterocycles. The monoisotopic (exact) mass is 261 g/mol. The van der Waals surface area contributed by atoms with E-state index >= 15 is 0 Å². The molecule has 1 N–H and O–H groups in total. The fraction of sp³-hybridized carbons (Fsp3) is 0.308. The van der Waals surface area contributed by atoms with Gasteiger partial charge in [-0.3, -0.25) is 0 Å². The van der Waals surface area contributed by atoms with E-state index in [1.807, 2.05) is 31.2 Å². The zero-order chi connectivity index (χ0) is 13.8. The summed E-state index contributed by atoms with van der Waals surface area (Å²) in [5, 5.41) is 16.3. The van der Waals surface area contributed by atoms with Crippen LogP contribution in [0.1, 0.15) is 21.7 Å². The average Bonchev–Trinajstić information content (AvgIpc) is 2.71. The van der Waals surface area contributed by atoms with Crippen LogP contribution in [0.2, 0.25) is 0 Å². The van der Waals surface area contributed by atoms with Gasteiger partial charge in [-0.15, -0.1) is 5.10 Å². The molecule has 0 aliphatic heterocycles. The Labute approximate surface area is 110 Å². The van der Waals surface area contributed by atoms with Gasteiger partial charge in [-0.25, -0.2) is 9.48 Å². The molecule has 1 aromatic carbocycles. The molecule has 0 saturated carbocycles. The summed E-state index contributed by atoms with van der Waals surface area (Å²) in [7, 11) is 0. The van der Waals surface area contributed by atoms with Crippen LogP contribution in [0.5, 0.6) is 5.75 Å². The maximum Gasteiger partial charge on any atom is 0.358 e. The fourth-order valence-electron chi connectivity index (χ4n) is 1.73. The molecule has 0 fully saturated rings. The van der Waals surface area contributed by atoms with Gasteiger partial charge in [0.2, 0.25) is 0 Å². The molecule has 2 rings (SSSR count). The van der Waals surface area contributed by atoms with Gasteiger partial charge >= 0.3 is 5.97 Å². The third-order valence-corrected chi connectivity index (χ3v) is 2.75. The Balaban J connectivity index is 1.94. The van der Waals surface area contributed by atoms with Crippen molar-refractivity contribution in [2.75, 3.05) is 6.61 Å². The zero-order valence-electron chi connectivity index (χ0n) is 10.8. The second-order valence-electron chi connectivity index (χ2n) is 4.22. The third kappa shape index (κ3) is 3.09. The summed E-state index contributed by atoms with van der Waals surface area (Å²) in [6.45, 7) is 4.54. The van der Waals surface area contributed by atoms with Crippen molar-refractivity contribution in [1.82, 2.24) is 15.0 Å². The van der Waals surface area contributed by atoms with Crippen molar-refractivity contribution >= 4 is 5.97 Å². The predicted octanol–water partition coefficient (Wildman–Crippen LogP) is 1.67. The first-order valence-electron chi connectivity index (χ1n) is 5.91. The van der Waals surface area contributed by atoms with Crippen molar-refractivity contribution in [3.8, 4) is 5.75 Å². The molecule has 2 aromatic rings. The minimum absolute atomic E-state index is 0.0180. The second-order valence-corrected chi connectivity index (χ2v) is 4.22. The molecule has 6 heteroatoms. The van der Waals surface area contributed by atoms with Crippen LogP contribution in [0, 0.1) is 13.8 Å². The lowest BCUT2D eigenvalue weighted by molar-refractivity contribution is 0.0689. The molecule has 0 amide bonds. The van der Waals surface area contributed by atoms with E-state index in [1.54, 1.807) is 6.92 Å². The van der Waals surface area contributed by atoms with Crippen molar-refractivity contribution in [1.29, 1.82) is 0 Å². The SMILES string of the molecule is Cc1cccc(OCCn2nnc(C(=O)O)c2C)c1. The molecule has 6 nitrogen and oxygen atoms in total. The first kappa shape index (κ1) is 13.1. The quantitative estimate of drug-likeness (QED) is 0.885. The van der Waals surface area contributed by atoms with E-state index < -0.39 is 5.97 Å². The Kier molecular flexibility index (Phi) is 3.79. The van der Waals surface area contributed by atoms with Crippen LogP contribution < -0.4 is 4.74 Å². The number of ether oxygens (including phenoxy) is 1. The average molecular weight is 261 g/mol. The summed E-state index contributed by atoms with van der Waals surface area (Å²) in [5.41, 5.74) is 1.64. The third-order valence-electron chi connectivity index (χ3n) is 2.75. The van der Waals surface area contributed by atoms with Crippen LogP contribution in [-0.4, -0.2) is 32.7 Å². The van der Waals surface area contributed by atoms with Gasteiger partial charge in [0, 0.05) is 0 Å². The van der Waals surface area contributed by atoms with Gasteiger partial charge < -0.3 is 9.84 Å². The Morgan fingerprint density at radius 1 is 1.42 bits per heavy atom. The number of hydrogen-bond acceptors (Lipinski definition) is 4. The van der Waals surface area contributed by atoms with Gasteiger partial charge in [-0.2, -0.15) is 0 Å². The van der Waals surface area contributed by atoms with Crippen LogP contribution in [0.3, 0.4) is 0 Å². The largest absolute Gasteiger partial charge is 0.492 e. The lowest BCUT2D eigenvalue weighted by Crippen LogP contribution is -2.11. The van der Waals surface area contributed by atoms with Gasteiger partial charge in [0.05, 0.1) is 12.2 Å². The fourth-order valence-corrected chi connectivity index (χ4v) is 1.73. The van der Waals surface area contributed by atoms with E-state index in [1.165, 1.54) is 4.68 Å². The molecule has 0 atom stereocenters. The van der Waals surface area contributed by atoms with Gasteiger partial charge in [-0.1, -0.05) is 17.3 Å². The number of hydrogen-bond donors (Lipinski definition) is 1. The van der Waals surface area contributed by atoms with Crippen LogP contribution in [0.25, 0.3) is 0 Å². The highest BCUT2D eigenvalue weighted by molar-refractivity contribution is 5.86. The Morgan fingerprint density at radius 2 is 2.21 bits per heavy atom. The summed E-state index contributed by atoms with van der Waals surface area (Å²) in [6, 6.07) is 7.74. The topological polar surface area (TPSA) is 77.2 Å². The minimum Gasteiger partial charge on any atom is -0.492 e. The van der Waals surface area contributed by atoms with E-state index in [4.69, 9.17) is 9.84 Å². The number of nitrogens with zero attached hydrogens (tertiary/aromatic N) is 3. The maximum atomic E-state index is 10.8. The van der Waals surface area contributed by atoms with Crippen molar-refractivity contribution in [2.24, 2.45) is 0 Å².